The highest BCUT2D eigenvalue weighted by molar-refractivity contribution is 5.80. The minimum atomic E-state index is 0.218. The summed E-state index contributed by atoms with van der Waals surface area (Å²) in [6.45, 7) is 7.16. The molecule has 0 heterocycles. The van der Waals surface area contributed by atoms with Gasteiger partial charge >= 0.3 is 0 Å². The number of ether oxygens (including phenoxy) is 1. The van der Waals surface area contributed by atoms with E-state index < -0.39 is 0 Å². The maximum Gasteiger partial charge on any atom is 0.223 e. The number of nitrogens with one attached hydrogen (secondary N) is 2. The Hall–Kier alpha value is -0.610. The largest absolute Gasteiger partial charge is 0.377 e. The first-order valence-corrected chi connectivity index (χ1v) is 5.80. The Kier molecular flexibility index (Phi) is 5.65. The summed E-state index contributed by atoms with van der Waals surface area (Å²) in [5.74, 6) is 0.532. The van der Waals surface area contributed by atoms with E-state index >= 15 is 0 Å². The van der Waals surface area contributed by atoms with Crippen molar-refractivity contribution in [3.63, 3.8) is 0 Å². The first-order valence-electron chi connectivity index (χ1n) is 5.80. The summed E-state index contributed by atoms with van der Waals surface area (Å²) in [6.07, 6.45) is 2.43. The summed E-state index contributed by atoms with van der Waals surface area (Å²) in [6, 6.07) is 0. The second-order valence-corrected chi connectivity index (χ2v) is 4.23. The molecule has 0 unspecified atom stereocenters. The maximum absolute atomic E-state index is 11.2. The molecule has 2 N–H and O–H groups in total. The van der Waals surface area contributed by atoms with Gasteiger partial charge in [-0.15, -0.1) is 0 Å². The van der Waals surface area contributed by atoms with Gasteiger partial charge in [-0.1, -0.05) is 0 Å². The van der Waals surface area contributed by atoms with E-state index in [1.54, 1.807) is 0 Å². The highest BCUT2D eigenvalue weighted by atomic mass is 16.5. The van der Waals surface area contributed by atoms with Crippen LogP contribution >= 0.6 is 0 Å². The van der Waals surface area contributed by atoms with Gasteiger partial charge in [-0.2, -0.15) is 0 Å². The van der Waals surface area contributed by atoms with Gasteiger partial charge in [0.1, 0.15) is 0 Å². The molecule has 0 atom stereocenters. The second-order valence-electron chi connectivity index (χ2n) is 4.23. The number of carbonyl (C=O) groups excluding carboxylic acids is 1. The van der Waals surface area contributed by atoms with E-state index in [1.807, 2.05) is 13.8 Å². The van der Waals surface area contributed by atoms with Crippen LogP contribution in [0.25, 0.3) is 0 Å². The summed E-state index contributed by atoms with van der Waals surface area (Å²) in [5, 5.41) is 6.12. The minimum absolute atomic E-state index is 0.218. The van der Waals surface area contributed by atoms with E-state index in [-0.39, 0.29) is 5.91 Å². The average Bonchev–Trinajstić information content (AvgIpc) is 2.98. The van der Waals surface area contributed by atoms with Gasteiger partial charge < -0.3 is 15.4 Å². The minimum Gasteiger partial charge on any atom is -0.377 e. The summed E-state index contributed by atoms with van der Waals surface area (Å²) in [5.41, 5.74) is 0. The van der Waals surface area contributed by atoms with E-state index in [1.165, 1.54) is 0 Å². The first kappa shape index (κ1) is 12.5. The van der Waals surface area contributed by atoms with Gasteiger partial charge in [0, 0.05) is 25.6 Å². The third-order valence-corrected chi connectivity index (χ3v) is 2.28. The standard InChI is InChI=1S/C11H22N2O2/c1-9(2)15-8-7-12-5-6-13-11(14)10-3-4-10/h9-10,12H,3-8H2,1-2H3,(H,13,14). The molecule has 0 bridgehead atoms. The Morgan fingerprint density at radius 3 is 2.67 bits per heavy atom. The van der Waals surface area contributed by atoms with Crippen molar-refractivity contribution in [3.05, 3.63) is 0 Å². The molecule has 1 amide bonds. The van der Waals surface area contributed by atoms with Gasteiger partial charge in [-0.05, 0) is 26.7 Å². The number of hydrogen-bond donors (Lipinski definition) is 2. The SMILES string of the molecule is CC(C)OCCNCCNC(=O)C1CC1. The lowest BCUT2D eigenvalue weighted by Gasteiger charge is -2.08. The van der Waals surface area contributed by atoms with Gasteiger partial charge in [-0.25, -0.2) is 0 Å². The highest BCUT2D eigenvalue weighted by Gasteiger charge is 2.28. The quantitative estimate of drug-likeness (QED) is 0.579. The van der Waals surface area contributed by atoms with E-state index in [0.717, 1.165) is 39.1 Å². The molecule has 0 aliphatic heterocycles. The van der Waals surface area contributed by atoms with E-state index in [9.17, 15) is 4.79 Å². The molecule has 0 aromatic heterocycles. The molecule has 4 nitrogen and oxygen atoms in total. The molecular formula is C11H22N2O2. The normalized spacial score (nSPS) is 15.7. The molecule has 1 saturated carbocycles. The predicted molar refractivity (Wildman–Crippen MR) is 59.7 cm³/mol. The van der Waals surface area contributed by atoms with Crippen molar-refractivity contribution in [1.29, 1.82) is 0 Å². The zero-order valence-corrected chi connectivity index (χ0v) is 9.71. The van der Waals surface area contributed by atoms with Crippen LogP contribution in [-0.2, 0) is 9.53 Å². The van der Waals surface area contributed by atoms with Crippen LogP contribution in [0.2, 0.25) is 0 Å². The summed E-state index contributed by atoms with van der Waals surface area (Å²) in [7, 11) is 0. The number of amides is 1. The fourth-order valence-electron chi connectivity index (χ4n) is 1.26. The third kappa shape index (κ3) is 6.47. The van der Waals surface area contributed by atoms with Gasteiger partial charge in [0.05, 0.1) is 12.7 Å². The van der Waals surface area contributed by atoms with Crippen molar-refractivity contribution in [2.75, 3.05) is 26.2 Å². The molecule has 0 spiro atoms. The van der Waals surface area contributed by atoms with Gasteiger partial charge in [0.25, 0.3) is 0 Å². The molecule has 1 fully saturated rings. The van der Waals surface area contributed by atoms with Crippen LogP contribution in [0, 0.1) is 5.92 Å². The number of carbonyl (C=O) groups is 1. The molecule has 0 saturated heterocycles. The lowest BCUT2D eigenvalue weighted by Crippen LogP contribution is -2.34. The van der Waals surface area contributed by atoms with Gasteiger partial charge in [0.15, 0.2) is 0 Å². The maximum atomic E-state index is 11.2. The Labute approximate surface area is 91.8 Å². The Balaban J connectivity index is 1.78. The lowest BCUT2D eigenvalue weighted by molar-refractivity contribution is -0.122. The fraction of sp³-hybridized carbons (Fsp3) is 0.909. The van der Waals surface area contributed by atoms with Crippen molar-refractivity contribution >= 4 is 5.91 Å². The van der Waals surface area contributed by atoms with Crippen LogP contribution in [-0.4, -0.2) is 38.3 Å². The average molecular weight is 214 g/mol. The van der Waals surface area contributed by atoms with Crippen molar-refractivity contribution in [2.45, 2.75) is 32.8 Å². The summed E-state index contributed by atoms with van der Waals surface area (Å²) in [4.78, 5) is 11.2. The van der Waals surface area contributed by atoms with Crippen LogP contribution < -0.4 is 10.6 Å². The van der Waals surface area contributed by atoms with Crippen LogP contribution in [0.4, 0.5) is 0 Å². The van der Waals surface area contributed by atoms with E-state index in [0.29, 0.717) is 12.0 Å². The summed E-state index contributed by atoms with van der Waals surface area (Å²) >= 11 is 0. The van der Waals surface area contributed by atoms with Crippen molar-refractivity contribution in [3.8, 4) is 0 Å². The summed E-state index contributed by atoms with van der Waals surface area (Å²) < 4.78 is 5.37. The molecule has 15 heavy (non-hydrogen) atoms. The van der Waals surface area contributed by atoms with Gasteiger partial charge in [0.2, 0.25) is 5.91 Å². The lowest BCUT2D eigenvalue weighted by atomic mass is 10.4. The zero-order valence-electron chi connectivity index (χ0n) is 9.71. The van der Waals surface area contributed by atoms with E-state index in [2.05, 4.69) is 10.6 Å². The van der Waals surface area contributed by atoms with Crippen molar-refractivity contribution in [1.82, 2.24) is 10.6 Å². The highest BCUT2D eigenvalue weighted by Crippen LogP contribution is 2.28. The topological polar surface area (TPSA) is 50.4 Å². The smallest absolute Gasteiger partial charge is 0.223 e. The van der Waals surface area contributed by atoms with Crippen LogP contribution in [0.15, 0.2) is 0 Å². The molecule has 0 aromatic carbocycles. The predicted octanol–water partition coefficient (Wildman–Crippen LogP) is 0.527. The van der Waals surface area contributed by atoms with Crippen molar-refractivity contribution in [2.24, 2.45) is 5.92 Å². The second kappa shape index (κ2) is 6.80. The van der Waals surface area contributed by atoms with Crippen molar-refractivity contribution < 1.29 is 9.53 Å². The monoisotopic (exact) mass is 214 g/mol. The molecular weight excluding hydrogens is 192 g/mol. The molecule has 1 aliphatic rings. The molecule has 1 rings (SSSR count). The van der Waals surface area contributed by atoms with Crippen LogP contribution in [0.5, 0.6) is 0 Å². The first-order chi connectivity index (χ1) is 7.20. The molecule has 0 aromatic rings. The van der Waals surface area contributed by atoms with Gasteiger partial charge in [-0.3, -0.25) is 4.79 Å². The molecule has 4 heteroatoms. The Morgan fingerprint density at radius 1 is 1.33 bits per heavy atom. The zero-order chi connectivity index (χ0) is 11.1. The molecule has 1 aliphatic carbocycles. The Bertz CT molecular complexity index is 191. The van der Waals surface area contributed by atoms with Crippen LogP contribution in [0.3, 0.4) is 0 Å². The Morgan fingerprint density at radius 2 is 2.07 bits per heavy atom. The number of rotatable bonds is 8. The molecule has 0 radical (unpaired) electrons. The van der Waals surface area contributed by atoms with Crippen LogP contribution in [0.1, 0.15) is 26.7 Å². The molecule has 88 valence electrons. The third-order valence-electron chi connectivity index (χ3n) is 2.28. The number of hydrogen-bond acceptors (Lipinski definition) is 3. The van der Waals surface area contributed by atoms with E-state index in [4.69, 9.17) is 4.74 Å². The fourth-order valence-corrected chi connectivity index (χ4v) is 1.26.